The van der Waals surface area contributed by atoms with E-state index in [9.17, 15) is 9.59 Å². The van der Waals surface area contributed by atoms with Gasteiger partial charge in [-0.15, -0.1) is 11.3 Å². The molecule has 0 aliphatic carbocycles. The molecule has 5 heteroatoms. The highest BCUT2D eigenvalue weighted by Crippen LogP contribution is 2.13. The summed E-state index contributed by atoms with van der Waals surface area (Å²) in [6.07, 6.45) is 0.460. The summed E-state index contributed by atoms with van der Waals surface area (Å²) in [5.41, 5.74) is 0.994. The van der Waals surface area contributed by atoms with E-state index < -0.39 is 0 Å². The minimum atomic E-state index is -0.115. The molecule has 1 amide bonds. The van der Waals surface area contributed by atoms with E-state index >= 15 is 0 Å². The van der Waals surface area contributed by atoms with Crippen LogP contribution in [0.2, 0.25) is 0 Å². The van der Waals surface area contributed by atoms with E-state index in [-0.39, 0.29) is 24.5 Å². The zero-order chi connectivity index (χ0) is 15.1. The summed E-state index contributed by atoms with van der Waals surface area (Å²) in [7, 11) is 1.61. The highest BCUT2D eigenvalue weighted by molar-refractivity contribution is 7.12. The van der Waals surface area contributed by atoms with Crippen LogP contribution in [-0.4, -0.2) is 18.8 Å². The average molecular weight is 303 g/mol. The molecule has 0 aliphatic rings. The Morgan fingerprint density at radius 1 is 1.14 bits per heavy atom. The predicted octanol–water partition coefficient (Wildman–Crippen LogP) is 3.04. The summed E-state index contributed by atoms with van der Waals surface area (Å²) in [6, 6.07) is 11.1. The minimum Gasteiger partial charge on any atom is -0.497 e. The first-order valence-corrected chi connectivity index (χ1v) is 7.53. The Balaban J connectivity index is 1.73. The molecule has 0 bridgehead atoms. The maximum Gasteiger partial charge on any atom is 0.220 e. The molecule has 110 valence electrons. The number of benzene rings is 1. The van der Waals surface area contributed by atoms with E-state index in [0.717, 1.165) is 11.3 Å². The van der Waals surface area contributed by atoms with E-state index in [1.54, 1.807) is 13.2 Å². The third-order valence-corrected chi connectivity index (χ3v) is 3.93. The lowest BCUT2D eigenvalue weighted by molar-refractivity contribution is -0.121. The van der Waals surface area contributed by atoms with Crippen LogP contribution < -0.4 is 10.1 Å². The number of hydrogen-bond acceptors (Lipinski definition) is 4. The van der Waals surface area contributed by atoms with Crippen molar-refractivity contribution in [3.05, 3.63) is 52.2 Å². The van der Waals surface area contributed by atoms with Crippen LogP contribution in [0.25, 0.3) is 0 Å². The highest BCUT2D eigenvalue weighted by Gasteiger charge is 2.09. The van der Waals surface area contributed by atoms with Gasteiger partial charge in [0.25, 0.3) is 0 Å². The smallest absolute Gasteiger partial charge is 0.220 e. The van der Waals surface area contributed by atoms with Crippen LogP contribution in [0.4, 0.5) is 0 Å². The van der Waals surface area contributed by atoms with Crippen molar-refractivity contribution in [1.82, 2.24) is 5.32 Å². The summed E-state index contributed by atoms with van der Waals surface area (Å²) < 4.78 is 5.07. The molecule has 0 fully saturated rings. The molecular formula is C16H17NO3S. The number of Topliss-reactive ketones (excluding diaryl/α,β-unsaturated/α-hetero) is 1. The number of thiophene rings is 1. The van der Waals surface area contributed by atoms with Crippen molar-refractivity contribution < 1.29 is 14.3 Å². The number of ether oxygens (including phenoxy) is 1. The van der Waals surface area contributed by atoms with Crippen LogP contribution in [0.1, 0.15) is 28.1 Å². The molecule has 1 heterocycles. The fourth-order valence-corrected chi connectivity index (χ4v) is 2.51. The minimum absolute atomic E-state index is 0.0181. The van der Waals surface area contributed by atoms with Gasteiger partial charge in [-0.25, -0.2) is 0 Å². The predicted molar refractivity (Wildman–Crippen MR) is 82.7 cm³/mol. The number of rotatable bonds is 7. The van der Waals surface area contributed by atoms with Crippen LogP contribution >= 0.6 is 11.3 Å². The summed E-state index contributed by atoms with van der Waals surface area (Å²) in [5.74, 6) is 0.687. The third-order valence-electron chi connectivity index (χ3n) is 3.02. The number of nitrogens with one attached hydrogen (secondary N) is 1. The van der Waals surface area contributed by atoms with Gasteiger partial charge in [0.1, 0.15) is 5.75 Å². The van der Waals surface area contributed by atoms with Crippen LogP contribution in [0.15, 0.2) is 41.8 Å². The molecule has 1 aromatic carbocycles. The van der Waals surface area contributed by atoms with E-state index in [4.69, 9.17) is 4.74 Å². The molecule has 21 heavy (non-hydrogen) atoms. The zero-order valence-electron chi connectivity index (χ0n) is 11.8. The number of amides is 1. The van der Waals surface area contributed by atoms with E-state index in [0.29, 0.717) is 11.4 Å². The highest BCUT2D eigenvalue weighted by atomic mass is 32.1. The summed E-state index contributed by atoms with van der Waals surface area (Å²) in [5, 5.41) is 4.67. The van der Waals surface area contributed by atoms with Crippen molar-refractivity contribution in [2.45, 2.75) is 19.4 Å². The lowest BCUT2D eigenvalue weighted by atomic mass is 10.1. The summed E-state index contributed by atoms with van der Waals surface area (Å²) in [4.78, 5) is 24.2. The summed E-state index contributed by atoms with van der Waals surface area (Å²) in [6.45, 7) is 0.454. The fraction of sp³-hybridized carbons (Fsp3) is 0.250. The maximum absolute atomic E-state index is 11.8. The molecule has 0 unspecified atom stereocenters. The van der Waals surface area contributed by atoms with Crippen molar-refractivity contribution in [3.8, 4) is 5.75 Å². The Labute approximate surface area is 127 Å². The van der Waals surface area contributed by atoms with Crippen molar-refractivity contribution in [3.63, 3.8) is 0 Å². The standard InChI is InChI=1S/C16H17NO3S/c1-20-13-6-4-12(5-7-13)11-17-16(19)9-8-14(18)15-3-2-10-21-15/h2-7,10H,8-9,11H2,1H3,(H,17,19). The lowest BCUT2D eigenvalue weighted by Crippen LogP contribution is -2.23. The normalized spacial score (nSPS) is 10.1. The molecule has 0 aliphatic heterocycles. The molecule has 0 spiro atoms. The number of hydrogen-bond donors (Lipinski definition) is 1. The summed E-state index contributed by atoms with van der Waals surface area (Å²) >= 11 is 1.40. The molecule has 4 nitrogen and oxygen atoms in total. The van der Waals surface area contributed by atoms with Gasteiger partial charge < -0.3 is 10.1 Å². The average Bonchev–Trinajstić information content (AvgIpc) is 3.05. The van der Waals surface area contributed by atoms with Gasteiger partial charge in [0.15, 0.2) is 5.78 Å². The van der Waals surface area contributed by atoms with Gasteiger partial charge in [0.05, 0.1) is 12.0 Å². The van der Waals surface area contributed by atoms with E-state index in [2.05, 4.69) is 5.32 Å². The Morgan fingerprint density at radius 3 is 2.52 bits per heavy atom. The number of carbonyl (C=O) groups excluding carboxylic acids is 2. The van der Waals surface area contributed by atoms with Crippen LogP contribution in [-0.2, 0) is 11.3 Å². The largest absolute Gasteiger partial charge is 0.497 e. The lowest BCUT2D eigenvalue weighted by Gasteiger charge is -2.06. The maximum atomic E-state index is 11.8. The molecule has 0 atom stereocenters. The Hall–Kier alpha value is -2.14. The first kappa shape index (κ1) is 15.3. The fourth-order valence-electron chi connectivity index (χ4n) is 1.82. The van der Waals surface area contributed by atoms with Crippen molar-refractivity contribution in [2.24, 2.45) is 0 Å². The SMILES string of the molecule is COc1ccc(CNC(=O)CCC(=O)c2cccs2)cc1. The number of methoxy groups -OCH3 is 1. The topological polar surface area (TPSA) is 55.4 Å². The number of carbonyl (C=O) groups is 2. The molecule has 2 aromatic rings. The third kappa shape index (κ3) is 4.72. The van der Waals surface area contributed by atoms with Gasteiger partial charge >= 0.3 is 0 Å². The van der Waals surface area contributed by atoms with Crippen LogP contribution in [0, 0.1) is 0 Å². The monoisotopic (exact) mass is 303 g/mol. The Bertz CT molecular complexity index is 590. The molecule has 1 N–H and O–H groups in total. The second-order valence-electron chi connectivity index (χ2n) is 4.53. The Kier molecular flexibility index (Phi) is 5.51. The van der Waals surface area contributed by atoms with Gasteiger partial charge in [-0.05, 0) is 29.1 Å². The van der Waals surface area contributed by atoms with Gasteiger partial charge in [-0.2, -0.15) is 0 Å². The molecule has 0 saturated heterocycles. The van der Waals surface area contributed by atoms with E-state index in [1.165, 1.54) is 11.3 Å². The molecular weight excluding hydrogens is 286 g/mol. The molecule has 1 aromatic heterocycles. The first-order chi connectivity index (χ1) is 10.2. The van der Waals surface area contributed by atoms with Crippen LogP contribution in [0.5, 0.6) is 5.75 Å². The Morgan fingerprint density at radius 2 is 1.90 bits per heavy atom. The molecule has 0 radical (unpaired) electrons. The van der Waals surface area contributed by atoms with Gasteiger partial charge in [-0.3, -0.25) is 9.59 Å². The van der Waals surface area contributed by atoms with Gasteiger partial charge in [0, 0.05) is 19.4 Å². The number of ketones is 1. The van der Waals surface area contributed by atoms with Crippen molar-refractivity contribution in [1.29, 1.82) is 0 Å². The van der Waals surface area contributed by atoms with Gasteiger partial charge in [0.2, 0.25) is 5.91 Å². The second-order valence-corrected chi connectivity index (χ2v) is 5.47. The quantitative estimate of drug-likeness (QED) is 0.800. The van der Waals surface area contributed by atoms with Gasteiger partial charge in [-0.1, -0.05) is 18.2 Å². The first-order valence-electron chi connectivity index (χ1n) is 6.65. The van der Waals surface area contributed by atoms with E-state index in [1.807, 2.05) is 35.7 Å². The van der Waals surface area contributed by atoms with Crippen molar-refractivity contribution in [2.75, 3.05) is 7.11 Å². The second kappa shape index (κ2) is 7.59. The molecule has 2 rings (SSSR count). The zero-order valence-corrected chi connectivity index (χ0v) is 12.6. The van der Waals surface area contributed by atoms with Crippen LogP contribution in [0.3, 0.4) is 0 Å². The van der Waals surface area contributed by atoms with Crippen molar-refractivity contribution >= 4 is 23.0 Å². The molecule has 0 saturated carbocycles.